The molecule has 2 N–H and O–H groups in total. The van der Waals surface area contributed by atoms with Crippen molar-refractivity contribution in [1.29, 1.82) is 0 Å². The summed E-state index contributed by atoms with van der Waals surface area (Å²) in [7, 11) is 0. The number of non-ortho nitro benzene ring substituents is 1. The second-order valence-electron chi connectivity index (χ2n) is 4.91. The summed E-state index contributed by atoms with van der Waals surface area (Å²) in [6.07, 6.45) is -0.792. The molecule has 0 radical (unpaired) electrons. The summed E-state index contributed by atoms with van der Waals surface area (Å²) >= 11 is 0. The number of benzene rings is 2. The molecule has 10 nitrogen and oxygen atoms in total. The van der Waals surface area contributed by atoms with Crippen LogP contribution in [0.1, 0.15) is 27.1 Å². The van der Waals surface area contributed by atoms with Crippen molar-refractivity contribution in [1.82, 2.24) is 0 Å². The first-order chi connectivity index (χ1) is 11.7. The molecule has 0 saturated carbocycles. The highest BCUT2D eigenvalue weighted by Crippen LogP contribution is 2.36. The smallest absolute Gasteiger partial charge is 0.311 e. The first-order valence-corrected chi connectivity index (χ1v) is 6.72. The van der Waals surface area contributed by atoms with E-state index in [4.69, 9.17) is 0 Å². The molecule has 0 amide bonds. The molecule has 0 spiro atoms. The topological polar surface area (TPSA) is 161 Å². The fourth-order valence-corrected chi connectivity index (χ4v) is 2.10. The molecule has 128 valence electrons. The highest BCUT2D eigenvalue weighted by Gasteiger charge is 2.26. The summed E-state index contributed by atoms with van der Waals surface area (Å²) in [6, 6.07) is 6.16. The van der Waals surface area contributed by atoms with Gasteiger partial charge >= 0.3 is 5.69 Å². The van der Waals surface area contributed by atoms with E-state index in [-0.39, 0.29) is 11.3 Å². The SMILES string of the molecule is O=C(CC(=O)c1c(O)ccc([N+](=O)[O-])c1O)c1ccc([N+](=O)[O-])cc1. The van der Waals surface area contributed by atoms with Crippen molar-refractivity contribution in [3.05, 3.63) is 67.8 Å². The molecular weight excluding hydrogens is 336 g/mol. The Bertz CT molecular complexity index is 889. The van der Waals surface area contributed by atoms with E-state index >= 15 is 0 Å². The van der Waals surface area contributed by atoms with E-state index in [0.717, 1.165) is 36.4 Å². The second-order valence-corrected chi connectivity index (χ2v) is 4.91. The van der Waals surface area contributed by atoms with E-state index in [1.54, 1.807) is 0 Å². The maximum Gasteiger partial charge on any atom is 0.311 e. The van der Waals surface area contributed by atoms with Gasteiger partial charge in [0.25, 0.3) is 5.69 Å². The molecule has 0 fully saturated rings. The molecule has 2 aromatic rings. The normalized spacial score (nSPS) is 10.2. The van der Waals surface area contributed by atoms with Gasteiger partial charge in [0, 0.05) is 23.8 Å². The van der Waals surface area contributed by atoms with Crippen LogP contribution < -0.4 is 0 Å². The molecule has 0 aromatic heterocycles. The number of phenolic OH excluding ortho intramolecular Hbond substituents is 2. The lowest BCUT2D eigenvalue weighted by Gasteiger charge is -2.06. The molecule has 0 aliphatic rings. The van der Waals surface area contributed by atoms with Crippen LogP contribution in [-0.4, -0.2) is 31.6 Å². The standard InChI is InChI=1S/C15H10N2O8/c18-11-6-5-10(17(24)25)15(21)14(11)13(20)7-12(19)8-1-3-9(4-2-8)16(22)23/h1-6,18,21H,7H2. The van der Waals surface area contributed by atoms with Crippen LogP contribution in [0.3, 0.4) is 0 Å². The molecule has 0 aliphatic heterocycles. The number of rotatable bonds is 6. The molecule has 0 atom stereocenters. The Morgan fingerprint density at radius 2 is 1.48 bits per heavy atom. The first-order valence-electron chi connectivity index (χ1n) is 6.72. The zero-order valence-corrected chi connectivity index (χ0v) is 12.4. The molecule has 0 unspecified atom stereocenters. The van der Waals surface area contributed by atoms with Crippen LogP contribution in [0.5, 0.6) is 11.5 Å². The number of aromatic hydroxyl groups is 2. The number of nitro benzene ring substituents is 2. The number of phenols is 2. The van der Waals surface area contributed by atoms with Gasteiger partial charge in [-0.3, -0.25) is 29.8 Å². The Morgan fingerprint density at radius 1 is 0.880 bits per heavy atom. The van der Waals surface area contributed by atoms with Gasteiger partial charge in [0.1, 0.15) is 11.3 Å². The van der Waals surface area contributed by atoms with Gasteiger partial charge in [-0.05, 0) is 18.2 Å². The third-order valence-corrected chi connectivity index (χ3v) is 3.33. The summed E-state index contributed by atoms with van der Waals surface area (Å²) in [4.78, 5) is 43.9. The van der Waals surface area contributed by atoms with E-state index in [2.05, 4.69) is 0 Å². The Kier molecular flexibility index (Phi) is 4.73. The second kappa shape index (κ2) is 6.74. The lowest BCUT2D eigenvalue weighted by atomic mass is 9.99. The largest absolute Gasteiger partial charge is 0.507 e. The Labute approximate surface area is 139 Å². The minimum atomic E-state index is -1.04. The molecule has 2 aromatic carbocycles. The average molecular weight is 346 g/mol. The monoisotopic (exact) mass is 346 g/mol. The van der Waals surface area contributed by atoms with Crippen molar-refractivity contribution < 1.29 is 29.6 Å². The summed E-state index contributed by atoms with van der Waals surface area (Å²) in [5.41, 5.74) is -1.76. The van der Waals surface area contributed by atoms with Gasteiger partial charge in [0.05, 0.1) is 16.3 Å². The van der Waals surface area contributed by atoms with Crippen molar-refractivity contribution >= 4 is 22.9 Å². The molecule has 0 bridgehead atoms. The van der Waals surface area contributed by atoms with Crippen LogP contribution in [0.2, 0.25) is 0 Å². The number of nitrogens with zero attached hydrogens (tertiary/aromatic N) is 2. The predicted molar refractivity (Wildman–Crippen MR) is 82.8 cm³/mol. The van der Waals surface area contributed by atoms with Crippen LogP contribution in [-0.2, 0) is 0 Å². The van der Waals surface area contributed by atoms with E-state index in [0.29, 0.717) is 0 Å². The van der Waals surface area contributed by atoms with Crippen molar-refractivity contribution in [2.45, 2.75) is 6.42 Å². The van der Waals surface area contributed by atoms with E-state index in [1.165, 1.54) is 0 Å². The van der Waals surface area contributed by atoms with E-state index in [1.807, 2.05) is 0 Å². The van der Waals surface area contributed by atoms with Gasteiger partial charge in [0.2, 0.25) is 5.75 Å². The Hall–Kier alpha value is -3.82. The van der Waals surface area contributed by atoms with Gasteiger partial charge in [0.15, 0.2) is 11.6 Å². The summed E-state index contributed by atoms with van der Waals surface area (Å²) in [6.45, 7) is 0. The van der Waals surface area contributed by atoms with Crippen LogP contribution in [0.15, 0.2) is 36.4 Å². The van der Waals surface area contributed by atoms with Crippen LogP contribution in [0.25, 0.3) is 0 Å². The maximum absolute atomic E-state index is 12.1. The van der Waals surface area contributed by atoms with E-state index < -0.39 is 50.6 Å². The van der Waals surface area contributed by atoms with Gasteiger partial charge in [-0.15, -0.1) is 0 Å². The number of hydrogen-bond acceptors (Lipinski definition) is 8. The van der Waals surface area contributed by atoms with Crippen molar-refractivity contribution in [2.75, 3.05) is 0 Å². The maximum atomic E-state index is 12.1. The molecule has 25 heavy (non-hydrogen) atoms. The zero-order valence-electron chi connectivity index (χ0n) is 12.4. The number of carbonyl (C=O) groups is 2. The highest BCUT2D eigenvalue weighted by atomic mass is 16.6. The highest BCUT2D eigenvalue weighted by molar-refractivity contribution is 6.15. The van der Waals surface area contributed by atoms with Crippen LogP contribution in [0, 0.1) is 20.2 Å². The van der Waals surface area contributed by atoms with Gasteiger partial charge in [-0.1, -0.05) is 0 Å². The minimum absolute atomic E-state index is 0.00311. The van der Waals surface area contributed by atoms with Gasteiger partial charge in [-0.25, -0.2) is 0 Å². The summed E-state index contributed by atoms with van der Waals surface area (Å²) < 4.78 is 0. The van der Waals surface area contributed by atoms with E-state index in [9.17, 15) is 40.0 Å². The number of ketones is 2. The number of Topliss-reactive ketones (excluding diaryl/α,β-unsaturated/α-hetero) is 2. The fourth-order valence-electron chi connectivity index (χ4n) is 2.10. The quantitative estimate of drug-likeness (QED) is 0.348. The fraction of sp³-hybridized carbons (Fsp3) is 0.0667. The molecule has 10 heteroatoms. The first kappa shape index (κ1) is 17.5. The minimum Gasteiger partial charge on any atom is -0.507 e. The zero-order chi connectivity index (χ0) is 18.7. The summed E-state index contributed by atoms with van der Waals surface area (Å²) in [5, 5.41) is 40.8. The predicted octanol–water partition coefficient (Wildman–Crippen LogP) is 2.37. The lowest BCUT2D eigenvalue weighted by Crippen LogP contribution is -2.10. The third kappa shape index (κ3) is 3.58. The van der Waals surface area contributed by atoms with Crippen LogP contribution in [0.4, 0.5) is 11.4 Å². The molecule has 0 heterocycles. The third-order valence-electron chi connectivity index (χ3n) is 3.33. The number of nitro groups is 2. The average Bonchev–Trinajstić information content (AvgIpc) is 2.54. The molecule has 0 saturated heterocycles. The van der Waals surface area contributed by atoms with Crippen molar-refractivity contribution in [2.24, 2.45) is 0 Å². The Balaban J connectivity index is 2.27. The van der Waals surface area contributed by atoms with Gasteiger partial charge < -0.3 is 10.2 Å². The van der Waals surface area contributed by atoms with Crippen molar-refractivity contribution in [3.8, 4) is 11.5 Å². The lowest BCUT2D eigenvalue weighted by molar-refractivity contribution is -0.385. The van der Waals surface area contributed by atoms with Crippen molar-refractivity contribution in [3.63, 3.8) is 0 Å². The van der Waals surface area contributed by atoms with Gasteiger partial charge in [-0.2, -0.15) is 0 Å². The molecular formula is C15H10N2O8. The molecule has 2 rings (SSSR count). The molecule has 0 aliphatic carbocycles. The Morgan fingerprint density at radius 3 is 2.00 bits per heavy atom. The number of carbonyl (C=O) groups excluding carboxylic acids is 2. The van der Waals surface area contributed by atoms with Crippen LogP contribution >= 0.6 is 0 Å². The number of hydrogen-bond donors (Lipinski definition) is 2. The summed E-state index contributed by atoms with van der Waals surface area (Å²) in [5.74, 6) is -3.50.